The van der Waals surface area contributed by atoms with Crippen LogP contribution in [0, 0.1) is 12.3 Å². The van der Waals surface area contributed by atoms with Gasteiger partial charge in [0.05, 0.1) is 0 Å². The molecule has 0 bridgehead atoms. The molecule has 2 rings (SSSR count). The summed E-state index contributed by atoms with van der Waals surface area (Å²) in [6.45, 7) is 4.85. The number of aryl methyl sites for hydroxylation is 1. The lowest BCUT2D eigenvalue weighted by molar-refractivity contribution is 0.0946. The molecule has 2 N–H and O–H groups in total. The van der Waals surface area contributed by atoms with Crippen LogP contribution in [0.3, 0.4) is 0 Å². The van der Waals surface area contributed by atoms with Gasteiger partial charge < -0.3 is 10.6 Å². The number of hydrogen-bond acceptors (Lipinski definition) is 3. The SMILES string of the molecule is CNc1cc(C(=O)NCC2(C)CC2)cc(C)n1. The van der Waals surface area contributed by atoms with Crippen LogP contribution in [-0.4, -0.2) is 24.5 Å². The molecule has 1 amide bonds. The third-order valence-corrected chi connectivity index (χ3v) is 3.25. The second-order valence-electron chi connectivity index (χ2n) is 5.13. The lowest BCUT2D eigenvalue weighted by atomic mass is 10.1. The second-order valence-corrected chi connectivity index (χ2v) is 5.13. The molecule has 0 atom stereocenters. The average Bonchev–Trinajstić information content (AvgIpc) is 3.04. The number of nitrogens with one attached hydrogen (secondary N) is 2. The van der Waals surface area contributed by atoms with Crippen molar-refractivity contribution in [1.82, 2.24) is 10.3 Å². The highest BCUT2D eigenvalue weighted by atomic mass is 16.1. The van der Waals surface area contributed by atoms with Gasteiger partial charge in [-0.15, -0.1) is 0 Å². The molecule has 0 radical (unpaired) electrons. The van der Waals surface area contributed by atoms with Crippen LogP contribution in [0.5, 0.6) is 0 Å². The number of anilines is 1. The van der Waals surface area contributed by atoms with Gasteiger partial charge >= 0.3 is 0 Å². The maximum atomic E-state index is 12.0. The van der Waals surface area contributed by atoms with Gasteiger partial charge in [-0.2, -0.15) is 0 Å². The van der Waals surface area contributed by atoms with Crippen LogP contribution >= 0.6 is 0 Å². The Bertz CT molecular complexity index is 438. The third-order valence-electron chi connectivity index (χ3n) is 3.25. The van der Waals surface area contributed by atoms with Crippen molar-refractivity contribution < 1.29 is 4.79 Å². The molecule has 17 heavy (non-hydrogen) atoms. The van der Waals surface area contributed by atoms with Gasteiger partial charge in [0.25, 0.3) is 5.91 Å². The van der Waals surface area contributed by atoms with Gasteiger partial charge in [-0.3, -0.25) is 4.79 Å². The molecule has 1 fully saturated rings. The smallest absolute Gasteiger partial charge is 0.251 e. The molecule has 92 valence electrons. The Hall–Kier alpha value is -1.58. The molecule has 4 heteroatoms. The van der Waals surface area contributed by atoms with Crippen molar-refractivity contribution in [2.45, 2.75) is 26.7 Å². The van der Waals surface area contributed by atoms with E-state index >= 15 is 0 Å². The zero-order valence-electron chi connectivity index (χ0n) is 10.6. The fourth-order valence-electron chi connectivity index (χ4n) is 1.71. The first-order chi connectivity index (χ1) is 8.02. The van der Waals surface area contributed by atoms with Gasteiger partial charge in [0, 0.05) is 24.8 Å². The summed E-state index contributed by atoms with van der Waals surface area (Å²) >= 11 is 0. The zero-order valence-corrected chi connectivity index (χ0v) is 10.6. The van der Waals surface area contributed by atoms with Crippen LogP contribution < -0.4 is 10.6 Å². The molecule has 0 unspecified atom stereocenters. The highest BCUT2D eigenvalue weighted by Gasteiger charge is 2.37. The quantitative estimate of drug-likeness (QED) is 0.836. The van der Waals surface area contributed by atoms with Gasteiger partial charge in [-0.05, 0) is 37.3 Å². The summed E-state index contributed by atoms with van der Waals surface area (Å²) in [7, 11) is 1.80. The molecule has 1 heterocycles. The maximum absolute atomic E-state index is 12.0. The van der Waals surface area contributed by atoms with E-state index in [0.717, 1.165) is 18.1 Å². The minimum absolute atomic E-state index is 0.0138. The van der Waals surface area contributed by atoms with Crippen LogP contribution in [-0.2, 0) is 0 Å². The van der Waals surface area contributed by atoms with E-state index in [0.29, 0.717) is 11.0 Å². The first-order valence-electron chi connectivity index (χ1n) is 5.97. The van der Waals surface area contributed by atoms with E-state index in [4.69, 9.17) is 0 Å². The predicted molar refractivity (Wildman–Crippen MR) is 68.2 cm³/mol. The number of carbonyl (C=O) groups is 1. The van der Waals surface area contributed by atoms with Crippen molar-refractivity contribution in [2.24, 2.45) is 5.41 Å². The molecular weight excluding hydrogens is 214 g/mol. The lowest BCUT2D eigenvalue weighted by Gasteiger charge is -2.11. The Morgan fingerprint density at radius 3 is 2.76 bits per heavy atom. The second kappa shape index (κ2) is 4.35. The minimum atomic E-state index is -0.0138. The fourth-order valence-corrected chi connectivity index (χ4v) is 1.71. The number of pyridine rings is 1. The van der Waals surface area contributed by atoms with E-state index in [-0.39, 0.29) is 5.91 Å². The van der Waals surface area contributed by atoms with E-state index in [9.17, 15) is 4.79 Å². The summed E-state index contributed by atoms with van der Waals surface area (Å²) in [6, 6.07) is 3.59. The molecule has 0 aliphatic heterocycles. The van der Waals surface area contributed by atoms with Crippen molar-refractivity contribution in [3.8, 4) is 0 Å². The summed E-state index contributed by atoms with van der Waals surface area (Å²) in [4.78, 5) is 16.2. The lowest BCUT2D eigenvalue weighted by Crippen LogP contribution is -2.29. The molecular formula is C13H19N3O. The third kappa shape index (κ3) is 2.96. The highest BCUT2D eigenvalue weighted by Crippen LogP contribution is 2.44. The summed E-state index contributed by atoms with van der Waals surface area (Å²) in [6.07, 6.45) is 2.43. The minimum Gasteiger partial charge on any atom is -0.373 e. The Morgan fingerprint density at radius 2 is 2.18 bits per heavy atom. The number of hydrogen-bond donors (Lipinski definition) is 2. The van der Waals surface area contributed by atoms with E-state index in [2.05, 4.69) is 22.5 Å². The Morgan fingerprint density at radius 1 is 1.47 bits per heavy atom. The number of nitrogens with zero attached hydrogens (tertiary/aromatic N) is 1. The average molecular weight is 233 g/mol. The van der Waals surface area contributed by atoms with E-state index in [1.54, 1.807) is 13.1 Å². The molecule has 0 spiro atoms. The van der Waals surface area contributed by atoms with Crippen LogP contribution in [0.25, 0.3) is 0 Å². The predicted octanol–water partition coefficient (Wildman–Crippen LogP) is 1.96. The van der Waals surface area contributed by atoms with Crippen molar-refractivity contribution in [2.75, 3.05) is 18.9 Å². The number of aromatic nitrogens is 1. The van der Waals surface area contributed by atoms with Crippen molar-refractivity contribution in [1.29, 1.82) is 0 Å². The van der Waals surface area contributed by atoms with Crippen LogP contribution in [0.2, 0.25) is 0 Å². The van der Waals surface area contributed by atoms with Crippen LogP contribution in [0.15, 0.2) is 12.1 Å². The fraction of sp³-hybridized carbons (Fsp3) is 0.538. The van der Waals surface area contributed by atoms with Gasteiger partial charge in [0.15, 0.2) is 0 Å². The first-order valence-corrected chi connectivity index (χ1v) is 5.97. The molecule has 1 aromatic heterocycles. The Balaban J connectivity index is 2.04. The number of carbonyl (C=O) groups excluding carboxylic acids is 1. The highest BCUT2D eigenvalue weighted by molar-refractivity contribution is 5.95. The number of amides is 1. The Kier molecular flexibility index (Phi) is 3.05. The van der Waals surface area contributed by atoms with Crippen molar-refractivity contribution in [3.63, 3.8) is 0 Å². The Labute approximate surface area is 102 Å². The molecule has 1 aliphatic carbocycles. The van der Waals surface area contributed by atoms with Crippen LogP contribution in [0.1, 0.15) is 35.8 Å². The summed E-state index contributed by atoms with van der Waals surface area (Å²) < 4.78 is 0. The largest absolute Gasteiger partial charge is 0.373 e. The standard InChI is InChI=1S/C13H19N3O/c1-9-6-10(7-11(14-3)16-9)12(17)15-8-13(2)4-5-13/h6-7H,4-5,8H2,1-3H3,(H,14,16)(H,15,17). The van der Waals surface area contributed by atoms with Crippen molar-refractivity contribution in [3.05, 3.63) is 23.4 Å². The molecule has 0 saturated heterocycles. The molecule has 1 aromatic rings. The van der Waals surface area contributed by atoms with Crippen LogP contribution in [0.4, 0.5) is 5.82 Å². The monoisotopic (exact) mass is 233 g/mol. The topological polar surface area (TPSA) is 54.0 Å². The van der Waals surface area contributed by atoms with Gasteiger partial charge in [0.2, 0.25) is 0 Å². The molecule has 1 aliphatic rings. The molecule has 1 saturated carbocycles. The summed E-state index contributed by atoms with van der Waals surface area (Å²) in [5, 5.41) is 5.94. The van der Waals surface area contributed by atoms with Crippen molar-refractivity contribution >= 4 is 11.7 Å². The van der Waals surface area contributed by atoms with Gasteiger partial charge in [-0.1, -0.05) is 6.92 Å². The van der Waals surface area contributed by atoms with E-state index in [1.165, 1.54) is 12.8 Å². The summed E-state index contributed by atoms with van der Waals surface area (Å²) in [5.41, 5.74) is 1.86. The zero-order chi connectivity index (χ0) is 12.5. The first kappa shape index (κ1) is 11.9. The van der Waals surface area contributed by atoms with Gasteiger partial charge in [-0.25, -0.2) is 4.98 Å². The van der Waals surface area contributed by atoms with E-state index < -0.39 is 0 Å². The summed E-state index contributed by atoms with van der Waals surface area (Å²) in [5.74, 6) is 0.716. The normalized spacial score (nSPS) is 16.4. The van der Waals surface area contributed by atoms with Gasteiger partial charge in [0.1, 0.15) is 5.82 Å². The number of rotatable bonds is 4. The molecule has 0 aromatic carbocycles. The maximum Gasteiger partial charge on any atom is 0.251 e. The van der Waals surface area contributed by atoms with E-state index in [1.807, 2.05) is 13.0 Å². The molecule has 4 nitrogen and oxygen atoms in total.